The molecule has 2 aliphatic rings. The van der Waals surface area contributed by atoms with Crippen LogP contribution in [0.5, 0.6) is 0 Å². The molecule has 4 heteroatoms. The van der Waals surface area contributed by atoms with E-state index in [2.05, 4.69) is 35.4 Å². The molecule has 2 fully saturated rings. The van der Waals surface area contributed by atoms with Crippen molar-refractivity contribution in [3.63, 3.8) is 0 Å². The van der Waals surface area contributed by atoms with Gasteiger partial charge in [0.15, 0.2) is 0 Å². The summed E-state index contributed by atoms with van der Waals surface area (Å²) in [6, 6.07) is 0. The van der Waals surface area contributed by atoms with Gasteiger partial charge in [0, 0.05) is 44.8 Å². The first kappa shape index (κ1) is 14.6. The molecule has 18 heavy (non-hydrogen) atoms. The molecule has 3 nitrogen and oxygen atoms in total. The largest absolute Gasteiger partial charge is 0.329 e. The average molecular weight is 271 g/mol. The summed E-state index contributed by atoms with van der Waals surface area (Å²) in [7, 11) is 0. The Morgan fingerprint density at radius 1 is 1.11 bits per heavy atom. The van der Waals surface area contributed by atoms with E-state index in [1.807, 2.05) is 0 Å². The normalized spacial score (nSPS) is 26.7. The maximum atomic E-state index is 6.12. The van der Waals surface area contributed by atoms with E-state index in [0.29, 0.717) is 5.54 Å². The first-order valence-electron chi connectivity index (χ1n) is 7.41. The van der Waals surface area contributed by atoms with Crippen molar-refractivity contribution in [3.05, 3.63) is 0 Å². The first-order chi connectivity index (χ1) is 8.66. The fourth-order valence-corrected chi connectivity index (χ4v) is 4.57. The van der Waals surface area contributed by atoms with Crippen molar-refractivity contribution in [3.8, 4) is 0 Å². The molecule has 2 N–H and O–H groups in total. The standard InChI is InChI=1S/C14H29N3S/c1-13(2)11-16-5-7-17(8-6-16)14(12-15)3-9-18-10-4-14/h13H,3-12,15H2,1-2H3. The van der Waals surface area contributed by atoms with E-state index in [4.69, 9.17) is 5.73 Å². The average Bonchev–Trinajstić information content (AvgIpc) is 2.39. The molecule has 0 atom stereocenters. The van der Waals surface area contributed by atoms with E-state index in [-0.39, 0.29) is 0 Å². The third-order valence-electron chi connectivity index (χ3n) is 4.47. The van der Waals surface area contributed by atoms with Crippen LogP contribution >= 0.6 is 11.8 Å². The molecule has 0 amide bonds. The summed E-state index contributed by atoms with van der Waals surface area (Å²) in [6.07, 6.45) is 2.58. The van der Waals surface area contributed by atoms with Gasteiger partial charge in [-0.15, -0.1) is 0 Å². The summed E-state index contributed by atoms with van der Waals surface area (Å²) in [6.45, 7) is 11.6. The van der Waals surface area contributed by atoms with Crippen LogP contribution in [-0.2, 0) is 0 Å². The third kappa shape index (κ3) is 3.41. The molecule has 2 heterocycles. The van der Waals surface area contributed by atoms with Crippen LogP contribution in [0.1, 0.15) is 26.7 Å². The minimum atomic E-state index is 0.329. The Bertz CT molecular complexity index is 243. The minimum Gasteiger partial charge on any atom is -0.329 e. The van der Waals surface area contributed by atoms with Gasteiger partial charge in [0.25, 0.3) is 0 Å². The van der Waals surface area contributed by atoms with Crippen LogP contribution in [0.15, 0.2) is 0 Å². The van der Waals surface area contributed by atoms with Crippen molar-refractivity contribution in [2.75, 3.05) is 50.8 Å². The molecule has 106 valence electrons. The van der Waals surface area contributed by atoms with Crippen LogP contribution in [0.3, 0.4) is 0 Å². The highest BCUT2D eigenvalue weighted by atomic mass is 32.2. The summed E-state index contributed by atoms with van der Waals surface area (Å²) in [4.78, 5) is 5.31. The van der Waals surface area contributed by atoms with Gasteiger partial charge < -0.3 is 10.6 Å². The number of hydrogen-bond donors (Lipinski definition) is 1. The maximum Gasteiger partial charge on any atom is 0.0348 e. The van der Waals surface area contributed by atoms with Gasteiger partial charge in [-0.1, -0.05) is 13.8 Å². The molecule has 2 rings (SSSR count). The second-order valence-electron chi connectivity index (χ2n) is 6.22. The van der Waals surface area contributed by atoms with Crippen LogP contribution in [0, 0.1) is 5.92 Å². The lowest BCUT2D eigenvalue weighted by molar-refractivity contribution is 0.0273. The Morgan fingerprint density at radius 2 is 1.72 bits per heavy atom. The number of hydrogen-bond acceptors (Lipinski definition) is 4. The fraction of sp³-hybridized carbons (Fsp3) is 1.00. The SMILES string of the molecule is CC(C)CN1CCN(C2(CN)CCSCC2)CC1. The topological polar surface area (TPSA) is 32.5 Å². The molecule has 0 spiro atoms. The Kier molecular flexibility index (Phi) is 5.36. The molecule has 0 radical (unpaired) electrons. The van der Waals surface area contributed by atoms with Crippen molar-refractivity contribution in [2.24, 2.45) is 11.7 Å². The van der Waals surface area contributed by atoms with Gasteiger partial charge in [0.05, 0.1) is 0 Å². The summed E-state index contributed by atoms with van der Waals surface area (Å²) in [5, 5.41) is 0. The van der Waals surface area contributed by atoms with Crippen molar-refractivity contribution in [2.45, 2.75) is 32.2 Å². The van der Waals surface area contributed by atoms with Gasteiger partial charge in [-0.25, -0.2) is 0 Å². The van der Waals surface area contributed by atoms with Gasteiger partial charge in [-0.05, 0) is 30.3 Å². The lowest BCUT2D eigenvalue weighted by Crippen LogP contribution is -2.61. The number of piperazine rings is 1. The molecule has 0 aliphatic carbocycles. The quantitative estimate of drug-likeness (QED) is 0.839. The van der Waals surface area contributed by atoms with E-state index in [0.717, 1.165) is 12.5 Å². The van der Waals surface area contributed by atoms with Gasteiger partial charge in [-0.3, -0.25) is 4.90 Å². The smallest absolute Gasteiger partial charge is 0.0348 e. The highest BCUT2D eigenvalue weighted by Crippen LogP contribution is 2.32. The van der Waals surface area contributed by atoms with Crippen molar-refractivity contribution in [1.29, 1.82) is 0 Å². The zero-order valence-corrected chi connectivity index (χ0v) is 12.8. The third-order valence-corrected chi connectivity index (χ3v) is 5.46. The predicted octanol–water partition coefficient (Wildman–Crippen LogP) is 1.48. The van der Waals surface area contributed by atoms with Crippen LogP contribution in [-0.4, -0.2) is 66.1 Å². The van der Waals surface area contributed by atoms with Crippen LogP contribution in [0.2, 0.25) is 0 Å². The van der Waals surface area contributed by atoms with Crippen LogP contribution in [0.4, 0.5) is 0 Å². The van der Waals surface area contributed by atoms with Gasteiger partial charge in [0.2, 0.25) is 0 Å². The molecule has 0 aromatic rings. The molecular weight excluding hydrogens is 242 g/mol. The van der Waals surface area contributed by atoms with E-state index in [9.17, 15) is 0 Å². The van der Waals surface area contributed by atoms with E-state index >= 15 is 0 Å². The predicted molar refractivity (Wildman–Crippen MR) is 81.2 cm³/mol. The molecular formula is C14H29N3S. The zero-order chi connectivity index (χ0) is 13.0. The van der Waals surface area contributed by atoms with Gasteiger partial charge in [0.1, 0.15) is 0 Å². The zero-order valence-electron chi connectivity index (χ0n) is 12.0. The van der Waals surface area contributed by atoms with Gasteiger partial charge >= 0.3 is 0 Å². The van der Waals surface area contributed by atoms with Gasteiger partial charge in [-0.2, -0.15) is 11.8 Å². The van der Waals surface area contributed by atoms with Crippen molar-refractivity contribution >= 4 is 11.8 Å². The van der Waals surface area contributed by atoms with E-state index in [1.54, 1.807) is 0 Å². The number of thioether (sulfide) groups is 1. The fourth-order valence-electron chi connectivity index (χ4n) is 3.32. The Labute approximate surface area is 116 Å². The molecule has 2 saturated heterocycles. The van der Waals surface area contributed by atoms with Crippen LogP contribution in [0.25, 0.3) is 0 Å². The first-order valence-corrected chi connectivity index (χ1v) is 8.57. The summed E-state index contributed by atoms with van der Waals surface area (Å²) in [5.41, 5.74) is 6.45. The molecule has 0 aromatic carbocycles. The summed E-state index contributed by atoms with van der Waals surface area (Å²) < 4.78 is 0. The summed E-state index contributed by atoms with van der Waals surface area (Å²) in [5.74, 6) is 3.37. The number of rotatable bonds is 4. The molecule has 0 aromatic heterocycles. The number of nitrogens with two attached hydrogens (primary N) is 1. The molecule has 0 saturated carbocycles. The second-order valence-corrected chi connectivity index (χ2v) is 7.45. The lowest BCUT2D eigenvalue weighted by Gasteiger charge is -2.49. The second kappa shape index (κ2) is 6.60. The van der Waals surface area contributed by atoms with Crippen molar-refractivity contribution in [1.82, 2.24) is 9.80 Å². The van der Waals surface area contributed by atoms with Crippen LogP contribution < -0.4 is 5.73 Å². The summed E-state index contributed by atoms with van der Waals surface area (Å²) >= 11 is 2.09. The highest BCUT2D eigenvalue weighted by molar-refractivity contribution is 7.99. The lowest BCUT2D eigenvalue weighted by atomic mass is 9.89. The highest BCUT2D eigenvalue weighted by Gasteiger charge is 2.38. The number of nitrogens with zero attached hydrogens (tertiary/aromatic N) is 2. The molecule has 0 unspecified atom stereocenters. The monoisotopic (exact) mass is 271 g/mol. The van der Waals surface area contributed by atoms with Crippen molar-refractivity contribution < 1.29 is 0 Å². The Hall–Kier alpha value is 0.230. The Balaban J connectivity index is 1.87. The minimum absolute atomic E-state index is 0.329. The molecule has 0 bridgehead atoms. The van der Waals surface area contributed by atoms with E-state index < -0.39 is 0 Å². The Morgan fingerprint density at radius 3 is 2.22 bits per heavy atom. The van der Waals surface area contributed by atoms with E-state index in [1.165, 1.54) is 57.1 Å². The maximum absolute atomic E-state index is 6.12. The molecule has 2 aliphatic heterocycles.